The summed E-state index contributed by atoms with van der Waals surface area (Å²) < 4.78 is 0. The zero-order valence-corrected chi connectivity index (χ0v) is 11.7. The maximum atomic E-state index is 12.2. The predicted octanol–water partition coefficient (Wildman–Crippen LogP) is 2.15. The number of carbonyl (C=O) groups excluding carboxylic acids is 1. The van der Waals surface area contributed by atoms with E-state index in [2.05, 4.69) is 20.6 Å². The topological polar surface area (TPSA) is 66.9 Å². The summed E-state index contributed by atoms with van der Waals surface area (Å²) in [6.45, 7) is 5.14. The first-order valence-corrected chi connectivity index (χ1v) is 6.59. The highest BCUT2D eigenvalue weighted by Crippen LogP contribution is 2.11. The molecule has 2 heterocycles. The van der Waals surface area contributed by atoms with Crippen molar-refractivity contribution < 1.29 is 4.79 Å². The molecule has 20 heavy (non-hydrogen) atoms. The Hall–Kier alpha value is -2.43. The molecule has 104 valence electrons. The Balaban J connectivity index is 2.07. The molecular weight excluding hydrogens is 252 g/mol. The van der Waals surface area contributed by atoms with E-state index in [1.54, 1.807) is 30.7 Å². The van der Waals surface area contributed by atoms with Crippen LogP contribution in [0.4, 0.5) is 5.82 Å². The Morgan fingerprint density at radius 1 is 1.30 bits per heavy atom. The van der Waals surface area contributed by atoms with E-state index in [9.17, 15) is 4.79 Å². The SMILES string of the molecule is CCNc1ncccc1C(=O)NCc1cnccc1C. The van der Waals surface area contributed by atoms with Crippen LogP contribution < -0.4 is 10.6 Å². The molecule has 0 saturated carbocycles. The van der Waals surface area contributed by atoms with Crippen LogP contribution in [0.5, 0.6) is 0 Å². The van der Waals surface area contributed by atoms with Crippen molar-refractivity contribution in [1.29, 1.82) is 0 Å². The number of nitrogens with one attached hydrogen (secondary N) is 2. The summed E-state index contributed by atoms with van der Waals surface area (Å²) >= 11 is 0. The lowest BCUT2D eigenvalue weighted by Crippen LogP contribution is -2.24. The number of hydrogen-bond acceptors (Lipinski definition) is 4. The molecule has 0 radical (unpaired) electrons. The van der Waals surface area contributed by atoms with Crippen molar-refractivity contribution in [2.24, 2.45) is 0 Å². The Labute approximate surface area is 118 Å². The van der Waals surface area contributed by atoms with Gasteiger partial charge in [0, 0.05) is 31.7 Å². The van der Waals surface area contributed by atoms with E-state index >= 15 is 0 Å². The van der Waals surface area contributed by atoms with E-state index in [-0.39, 0.29) is 5.91 Å². The average molecular weight is 270 g/mol. The number of amides is 1. The van der Waals surface area contributed by atoms with Gasteiger partial charge in [-0.1, -0.05) is 0 Å². The molecule has 5 heteroatoms. The maximum Gasteiger partial charge on any atom is 0.255 e. The number of aromatic nitrogens is 2. The van der Waals surface area contributed by atoms with Crippen LogP contribution in [0.15, 0.2) is 36.8 Å². The molecule has 0 aliphatic carbocycles. The first-order valence-electron chi connectivity index (χ1n) is 6.59. The number of aryl methyl sites for hydroxylation is 1. The molecule has 0 bridgehead atoms. The molecule has 0 aromatic carbocycles. The molecule has 0 spiro atoms. The standard InChI is InChI=1S/C15H18N4O/c1-3-17-14-13(5-4-7-18-14)15(20)19-10-12-9-16-8-6-11(12)2/h4-9H,3,10H2,1-2H3,(H,17,18)(H,19,20). The molecule has 0 saturated heterocycles. The fourth-order valence-electron chi connectivity index (χ4n) is 1.85. The Morgan fingerprint density at radius 3 is 2.90 bits per heavy atom. The van der Waals surface area contributed by atoms with Gasteiger partial charge in [0.2, 0.25) is 0 Å². The van der Waals surface area contributed by atoms with Gasteiger partial charge in [-0.25, -0.2) is 4.98 Å². The Kier molecular flexibility index (Phi) is 4.65. The number of carbonyl (C=O) groups is 1. The van der Waals surface area contributed by atoms with Gasteiger partial charge in [0.1, 0.15) is 5.82 Å². The Bertz CT molecular complexity index is 598. The van der Waals surface area contributed by atoms with E-state index in [0.29, 0.717) is 17.9 Å². The van der Waals surface area contributed by atoms with Crippen LogP contribution >= 0.6 is 0 Å². The van der Waals surface area contributed by atoms with Crippen molar-refractivity contribution >= 4 is 11.7 Å². The third kappa shape index (κ3) is 3.32. The van der Waals surface area contributed by atoms with Crippen LogP contribution in [0.1, 0.15) is 28.4 Å². The van der Waals surface area contributed by atoms with E-state index < -0.39 is 0 Å². The zero-order chi connectivity index (χ0) is 14.4. The number of anilines is 1. The van der Waals surface area contributed by atoms with E-state index in [1.807, 2.05) is 19.9 Å². The second-order valence-corrected chi connectivity index (χ2v) is 4.41. The number of rotatable bonds is 5. The summed E-state index contributed by atoms with van der Waals surface area (Å²) in [7, 11) is 0. The highest BCUT2D eigenvalue weighted by Gasteiger charge is 2.11. The number of nitrogens with zero attached hydrogens (tertiary/aromatic N) is 2. The highest BCUT2D eigenvalue weighted by molar-refractivity contribution is 5.98. The minimum atomic E-state index is -0.141. The number of pyridine rings is 2. The van der Waals surface area contributed by atoms with Crippen LogP contribution in [-0.4, -0.2) is 22.4 Å². The quantitative estimate of drug-likeness (QED) is 0.873. The van der Waals surface area contributed by atoms with E-state index in [0.717, 1.165) is 17.7 Å². The molecule has 2 N–H and O–H groups in total. The molecule has 0 unspecified atom stereocenters. The maximum absolute atomic E-state index is 12.2. The molecule has 0 fully saturated rings. The summed E-state index contributed by atoms with van der Waals surface area (Å²) in [5.41, 5.74) is 2.67. The van der Waals surface area contributed by atoms with Gasteiger partial charge in [0.15, 0.2) is 0 Å². The minimum Gasteiger partial charge on any atom is -0.370 e. The lowest BCUT2D eigenvalue weighted by molar-refractivity contribution is 0.0951. The van der Waals surface area contributed by atoms with Gasteiger partial charge < -0.3 is 10.6 Å². The summed E-state index contributed by atoms with van der Waals surface area (Å²) in [5.74, 6) is 0.465. The molecule has 1 amide bonds. The third-order valence-corrected chi connectivity index (χ3v) is 2.98. The number of hydrogen-bond donors (Lipinski definition) is 2. The van der Waals surface area contributed by atoms with E-state index in [1.165, 1.54) is 0 Å². The third-order valence-electron chi connectivity index (χ3n) is 2.98. The second-order valence-electron chi connectivity index (χ2n) is 4.41. The molecular formula is C15H18N4O. The average Bonchev–Trinajstić information content (AvgIpc) is 2.47. The second kappa shape index (κ2) is 6.65. The lowest BCUT2D eigenvalue weighted by Gasteiger charge is -2.10. The van der Waals surface area contributed by atoms with Crippen molar-refractivity contribution in [2.45, 2.75) is 20.4 Å². The van der Waals surface area contributed by atoms with Gasteiger partial charge in [-0.3, -0.25) is 9.78 Å². The molecule has 2 aromatic heterocycles. The molecule has 2 aromatic rings. The fourth-order valence-corrected chi connectivity index (χ4v) is 1.85. The van der Waals surface area contributed by atoms with Crippen molar-refractivity contribution in [1.82, 2.24) is 15.3 Å². The van der Waals surface area contributed by atoms with Crippen molar-refractivity contribution in [3.05, 3.63) is 53.5 Å². The summed E-state index contributed by atoms with van der Waals surface area (Å²) in [6, 6.07) is 5.44. The van der Waals surface area contributed by atoms with Crippen LogP contribution in [-0.2, 0) is 6.54 Å². The lowest BCUT2D eigenvalue weighted by atomic mass is 10.1. The van der Waals surface area contributed by atoms with Crippen molar-refractivity contribution in [3.8, 4) is 0 Å². The van der Waals surface area contributed by atoms with Gasteiger partial charge in [-0.05, 0) is 43.2 Å². The van der Waals surface area contributed by atoms with Gasteiger partial charge in [-0.15, -0.1) is 0 Å². The van der Waals surface area contributed by atoms with Gasteiger partial charge >= 0.3 is 0 Å². The summed E-state index contributed by atoms with van der Waals surface area (Å²) in [4.78, 5) is 20.5. The van der Waals surface area contributed by atoms with Gasteiger partial charge in [0.05, 0.1) is 5.56 Å². The smallest absolute Gasteiger partial charge is 0.255 e. The first-order chi connectivity index (χ1) is 9.72. The van der Waals surface area contributed by atoms with Gasteiger partial charge in [-0.2, -0.15) is 0 Å². The largest absolute Gasteiger partial charge is 0.370 e. The normalized spacial score (nSPS) is 10.1. The highest BCUT2D eigenvalue weighted by atomic mass is 16.1. The van der Waals surface area contributed by atoms with Crippen LogP contribution in [0, 0.1) is 6.92 Å². The fraction of sp³-hybridized carbons (Fsp3) is 0.267. The van der Waals surface area contributed by atoms with Crippen LogP contribution in [0.25, 0.3) is 0 Å². The van der Waals surface area contributed by atoms with Crippen LogP contribution in [0.3, 0.4) is 0 Å². The molecule has 0 aliphatic heterocycles. The predicted molar refractivity (Wildman–Crippen MR) is 78.5 cm³/mol. The van der Waals surface area contributed by atoms with E-state index in [4.69, 9.17) is 0 Å². The Morgan fingerprint density at radius 2 is 2.15 bits per heavy atom. The summed E-state index contributed by atoms with van der Waals surface area (Å²) in [5, 5.41) is 5.98. The van der Waals surface area contributed by atoms with Crippen molar-refractivity contribution in [2.75, 3.05) is 11.9 Å². The van der Waals surface area contributed by atoms with Gasteiger partial charge in [0.25, 0.3) is 5.91 Å². The van der Waals surface area contributed by atoms with Crippen LogP contribution in [0.2, 0.25) is 0 Å². The monoisotopic (exact) mass is 270 g/mol. The zero-order valence-electron chi connectivity index (χ0n) is 11.7. The minimum absolute atomic E-state index is 0.141. The summed E-state index contributed by atoms with van der Waals surface area (Å²) in [6.07, 6.45) is 5.18. The molecule has 5 nitrogen and oxygen atoms in total. The molecule has 2 rings (SSSR count). The molecule has 0 aliphatic rings. The van der Waals surface area contributed by atoms with Crippen molar-refractivity contribution in [3.63, 3.8) is 0 Å². The first kappa shape index (κ1) is 14.0. The molecule has 0 atom stereocenters.